The Morgan fingerprint density at radius 2 is 1.65 bits per heavy atom. The van der Waals surface area contributed by atoms with Crippen molar-refractivity contribution in [2.45, 2.75) is 87.3 Å². The number of benzene rings is 2. The summed E-state index contributed by atoms with van der Waals surface area (Å²) in [5.41, 5.74) is 0.166. The first-order valence-electron chi connectivity index (χ1n) is 17.7. The van der Waals surface area contributed by atoms with E-state index in [9.17, 15) is 24.3 Å². The number of amides is 3. The van der Waals surface area contributed by atoms with Gasteiger partial charge in [-0.15, -0.1) is 0 Å². The third-order valence-electron chi connectivity index (χ3n) is 10.9. The number of cyclic esters (lactones) is 1. The van der Waals surface area contributed by atoms with Crippen LogP contribution in [0.5, 0.6) is 0 Å². The summed E-state index contributed by atoms with van der Waals surface area (Å²) in [5, 5.41) is 13.7. The fraction of sp³-hybridized carbons (Fsp3) is 0.487. The minimum Gasteiger partial charge on any atom is -0.455 e. The van der Waals surface area contributed by atoms with E-state index in [1.165, 1.54) is 4.90 Å². The van der Waals surface area contributed by atoms with E-state index in [-0.39, 0.29) is 37.4 Å². The highest BCUT2D eigenvalue weighted by Gasteiger charge is 2.72. The van der Waals surface area contributed by atoms with Crippen LogP contribution in [0.2, 0.25) is 0 Å². The zero-order valence-electron chi connectivity index (χ0n) is 27.7. The smallest absolute Gasteiger partial charge is 0.313 e. The van der Waals surface area contributed by atoms with Gasteiger partial charge >= 0.3 is 5.97 Å². The second kappa shape index (κ2) is 14.3. The molecule has 7 atom stereocenters. The number of fused-ring (bicyclic) bond motifs is 2. The lowest BCUT2D eigenvalue weighted by Crippen LogP contribution is -2.60. The maximum Gasteiger partial charge on any atom is 0.313 e. The van der Waals surface area contributed by atoms with E-state index in [1.807, 2.05) is 77.7 Å². The Morgan fingerprint density at radius 3 is 2.39 bits per heavy atom. The number of allylic oxidation sites excluding steroid dienone is 1. The molecule has 10 heteroatoms. The molecule has 3 amide bonds. The van der Waals surface area contributed by atoms with Crippen molar-refractivity contribution < 1.29 is 33.8 Å². The summed E-state index contributed by atoms with van der Waals surface area (Å²) in [6, 6.07) is 17.0. The largest absolute Gasteiger partial charge is 0.455 e. The summed E-state index contributed by atoms with van der Waals surface area (Å²) in [4.78, 5) is 60.4. The number of carbonyl (C=O) groups is 4. The van der Waals surface area contributed by atoms with E-state index in [0.717, 1.165) is 37.7 Å². The molecule has 10 nitrogen and oxygen atoms in total. The number of carbonyl (C=O) groups excluding carboxylic acids is 4. The van der Waals surface area contributed by atoms with Gasteiger partial charge in [-0.05, 0) is 36.8 Å². The molecule has 0 unspecified atom stereocenters. The molecule has 4 aliphatic heterocycles. The summed E-state index contributed by atoms with van der Waals surface area (Å²) >= 11 is 0. The molecule has 2 aromatic rings. The number of rotatable bonds is 6. The number of hydrogen-bond donors (Lipinski definition) is 2. The first-order valence-corrected chi connectivity index (χ1v) is 17.7. The van der Waals surface area contributed by atoms with Gasteiger partial charge in [0.1, 0.15) is 23.7 Å². The summed E-state index contributed by atoms with van der Waals surface area (Å²) in [5.74, 6) is -3.55. The van der Waals surface area contributed by atoms with Gasteiger partial charge in [0.15, 0.2) is 0 Å². The SMILES string of the molecule is O=C1CC/C=C\[C@@H]2O[C@@]34C=CCN(C5CCCCC5)C(=O)[C@@H]3N([C@@H](CO)Cc3ccccc3)C(=O)[C@H]4[C@@H]2C(=O)O[C@@H](c2ccccc2)CN1. The second-order valence-electron chi connectivity index (χ2n) is 13.9. The second-order valence-corrected chi connectivity index (χ2v) is 13.9. The van der Waals surface area contributed by atoms with Gasteiger partial charge < -0.3 is 29.7 Å². The topological polar surface area (TPSA) is 125 Å². The van der Waals surface area contributed by atoms with Crippen LogP contribution in [-0.4, -0.2) is 88.1 Å². The van der Waals surface area contributed by atoms with Gasteiger partial charge in [-0.25, -0.2) is 0 Å². The van der Waals surface area contributed by atoms with E-state index in [0.29, 0.717) is 24.9 Å². The van der Waals surface area contributed by atoms with Gasteiger partial charge in [0.2, 0.25) is 17.7 Å². The summed E-state index contributed by atoms with van der Waals surface area (Å²) < 4.78 is 13.1. The van der Waals surface area contributed by atoms with Crippen molar-refractivity contribution in [1.82, 2.24) is 15.1 Å². The number of aliphatic hydroxyl groups excluding tert-OH is 1. The van der Waals surface area contributed by atoms with Crippen molar-refractivity contribution in [2.24, 2.45) is 11.8 Å². The minimum atomic E-state index is -1.46. The predicted molar refractivity (Wildman–Crippen MR) is 181 cm³/mol. The molecule has 0 bridgehead atoms. The summed E-state index contributed by atoms with van der Waals surface area (Å²) in [6.07, 6.45) is 11.6. The fourth-order valence-electron chi connectivity index (χ4n) is 8.61. The first kappa shape index (κ1) is 33.2. The van der Waals surface area contributed by atoms with E-state index in [1.54, 1.807) is 12.2 Å². The average Bonchev–Trinajstić information content (AvgIpc) is 3.52. The highest BCUT2D eigenvalue weighted by molar-refractivity contribution is 5.99. The van der Waals surface area contributed by atoms with Crippen molar-refractivity contribution in [3.63, 3.8) is 0 Å². The molecule has 1 saturated carbocycles. The minimum absolute atomic E-state index is 0.0369. The highest BCUT2D eigenvalue weighted by Crippen LogP contribution is 2.54. The Hall–Kier alpha value is -4.28. The third-order valence-corrected chi connectivity index (χ3v) is 10.9. The predicted octanol–water partition coefficient (Wildman–Crippen LogP) is 3.65. The standard InChI is InChI=1S/C39H45N3O7/c43-25-29(23-26-13-4-1-5-14-26)42-35-37(46)41(28-17-8-3-9-18-28)22-12-21-39(35)34(36(42)45)33-30(49-39)19-10-11-20-32(44)40-24-31(48-38(33)47)27-15-6-2-7-16-27/h1-2,4-7,10,12-16,19,21,28-31,33-35,43H,3,8-9,11,17-18,20,22-25H2,(H,40,44)/b19-10-/t29-,30+,31-,33-,34-,35+,39-/m1/s1. The maximum atomic E-state index is 15.0. The number of aliphatic hydroxyl groups is 1. The van der Waals surface area contributed by atoms with Crippen molar-refractivity contribution in [1.29, 1.82) is 0 Å². The molecule has 0 aromatic heterocycles. The normalized spacial score (nSPS) is 32.1. The van der Waals surface area contributed by atoms with Gasteiger partial charge in [-0.1, -0.05) is 104 Å². The molecule has 4 heterocycles. The van der Waals surface area contributed by atoms with E-state index < -0.39 is 53.6 Å². The van der Waals surface area contributed by atoms with Gasteiger partial charge in [0, 0.05) is 19.0 Å². The van der Waals surface area contributed by atoms with E-state index in [2.05, 4.69) is 5.32 Å². The van der Waals surface area contributed by atoms with Crippen LogP contribution < -0.4 is 5.32 Å². The van der Waals surface area contributed by atoms with Crippen molar-refractivity contribution in [3.05, 3.63) is 96.1 Å². The number of ether oxygens (including phenoxy) is 2. The van der Waals surface area contributed by atoms with Crippen molar-refractivity contribution in [2.75, 3.05) is 19.7 Å². The zero-order valence-corrected chi connectivity index (χ0v) is 27.7. The molecule has 1 spiro atoms. The first-order chi connectivity index (χ1) is 23.9. The van der Waals surface area contributed by atoms with Crippen LogP contribution in [0.3, 0.4) is 0 Å². The molecule has 1 aliphatic carbocycles. The highest BCUT2D eigenvalue weighted by atomic mass is 16.6. The van der Waals surface area contributed by atoms with Gasteiger partial charge in [0.05, 0.1) is 31.2 Å². The van der Waals surface area contributed by atoms with Crippen LogP contribution in [0.15, 0.2) is 85.0 Å². The Labute approximate surface area is 287 Å². The Kier molecular flexibility index (Phi) is 9.69. The Bertz CT molecular complexity index is 1590. The third kappa shape index (κ3) is 6.32. The molecule has 2 saturated heterocycles. The van der Waals surface area contributed by atoms with Crippen LogP contribution in [-0.2, 0) is 35.1 Å². The monoisotopic (exact) mass is 667 g/mol. The van der Waals surface area contributed by atoms with Gasteiger partial charge in [0.25, 0.3) is 0 Å². The molecular weight excluding hydrogens is 622 g/mol. The number of hydrogen-bond acceptors (Lipinski definition) is 7. The van der Waals surface area contributed by atoms with Crippen LogP contribution in [0, 0.1) is 11.8 Å². The molecule has 2 aromatic carbocycles. The molecule has 5 aliphatic rings. The van der Waals surface area contributed by atoms with Crippen LogP contribution in [0.4, 0.5) is 0 Å². The average molecular weight is 668 g/mol. The maximum absolute atomic E-state index is 15.0. The number of nitrogens with zero attached hydrogens (tertiary/aromatic N) is 2. The molecule has 2 N–H and O–H groups in total. The summed E-state index contributed by atoms with van der Waals surface area (Å²) in [7, 11) is 0. The fourth-order valence-corrected chi connectivity index (χ4v) is 8.61. The lowest BCUT2D eigenvalue weighted by molar-refractivity contribution is -0.161. The number of likely N-dealkylation sites (tertiary alicyclic amines) is 1. The van der Waals surface area contributed by atoms with E-state index >= 15 is 0 Å². The van der Waals surface area contributed by atoms with Gasteiger partial charge in [-0.2, -0.15) is 0 Å². The van der Waals surface area contributed by atoms with Gasteiger partial charge in [-0.3, -0.25) is 19.2 Å². The molecular formula is C39H45N3O7. The van der Waals surface area contributed by atoms with Crippen LogP contribution in [0.25, 0.3) is 0 Å². The lowest BCUT2D eigenvalue weighted by atomic mass is 9.77. The Morgan fingerprint density at radius 1 is 0.918 bits per heavy atom. The van der Waals surface area contributed by atoms with Crippen molar-refractivity contribution in [3.8, 4) is 0 Å². The molecule has 0 radical (unpaired) electrons. The van der Waals surface area contributed by atoms with Crippen molar-refractivity contribution >= 4 is 23.7 Å². The summed E-state index contributed by atoms with van der Waals surface area (Å²) in [6.45, 7) is 0.0872. The molecule has 258 valence electrons. The van der Waals surface area contributed by atoms with E-state index in [4.69, 9.17) is 9.47 Å². The van der Waals surface area contributed by atoms with Crippen LogP contribution in [0.1, 0.15) is 62.2 Å². The molecule has 49 heavy (non-hydrogen) atoms. The lowest BCUT2D eigenvalue weighted by Gasteiger charge is -2.41. The Balaban J connectivity index is 1.31. The molecule has 3 fully saturated rings. The number of nitrogens with one attached hydrogen (secondary N) is 1. The molecule has 7 rings (SSSR count). The number of esters is 1. The quantitative estimate of drug-likeness (QED) is 0.356. The van der Waals surface area contributed by atoms with Crippen LogP contribution >= 0.6 is 0 Å². The zero-order chi connectivity index (χ0) is 34.0.